The summed E-state index contributed by atoms with van der Waals surface area (Å²) in [7, 11) is 2.00. The van der Waals surface area contributed by atoms with Gasteiger partial charge in [-0.15, -0.1) is 0 Å². The van der Waals surface area contributed by atoms with Crippen molar-refractivity contribution < 1.29 is 13.9 Å². The molecule has 3 rings (SSSR count). The van der Waals surface area contributed by atoms with E-state index < -0.39 is 0 Å². The van der Waals surface area contributed by atoms with Gasteiger partial charge in [-0.2, -0.15) is 0 Å². The Morgan fingerprint density at radius 2 is 1.77 bits per heavy atom. The summed E-state index contributed by atoms with van der Waals surface area (Å²) in [6.07, 6.45) is 5.11. The van der Waals surface area contributed by atoms with E-state index in [-0.39, 0.29) is 5.91 Å². The summed E-state index contributed by atoms with van der Waals surface area (Å²) < 4.78 is 15.4. The van der Waals surface area contributed by atoms with E-state index in [0.717, 1.165) is 17.3 Å². The van der Waals surface area contributed by atoms with Crippen molar-refractivity contribution in [1.29, 1.82) is 0 Å². The van der Waals surface area contributed by atoms with Crippen LogP contribution in [0.2, 0.25) is 0 Å². The quantitative estimate of drug-likeness (QED) is 0.281. The standard InChI is InChI=1S/C21H23N3O2S.CH3F.CH5N/c1-2-3-9-14-27-21-22-15-18(24-21)20(25)23-17-12-7-8-13-19(17)26-16-10-5-4-6-11-16;2*1-2/h4-8,10-13,15H,2-3,9,14H2,1H3,(H,22,24)(H,23,25);1H3;2H2,1H3. The molecule has 0 aliphatic carbocycles. The Hall–Kier alpha value is -2.84. The summed E-state index contributed by atoms with van der Waals surface area (Å²) in [5.41, 5.74) is 5.54. The van der Waals surface area contributed by atoms with E-state index in [1.54, 1.807) is 18.0 Å². The Balaban J connectivity index is 0.00000113. The highest BCUT2D eigenvalue weighted by Crippen LogP contribution is 2.29. The van der Waals surface area contributed by atoms with E-state index >= 15 is 0 Å². The number of unbranched alkanes of at least 4 members (excludes halogenated alkanes) is 2. The Kier molecular flexibility index (Phi) is 13.5. The zero-order valence-electron chi connectivity index (χ0n) is 18.2. The van der Waals surface area contributed by atoms with Crippen LogP contribution >= 0.6 is 11.8 Å². The molecule has 6 nitrogen and oxygen atoms in total. The second-order valence-corrected chi connectivity index (χ2v) is 7.11. The van der Waals surface area contributed by atoms with Crippen molar-refractivity contribution in [3.8, 4) is 11.5 Å². The smallest absolute Gasteiger partial charge is 0.273 e. The number of carbonyl (C=O) groups is 1. The lowest BCUT2D eigenvalue weighted by Gasteiger charge is -2.11. The van der Waals surface area contributed by atoms with Gasteiger partial charge in [0.05, 0.1) is 19.1 Å². The van der Waals surface area contributed by atoms with Crippen LogP contribution in [0.3, 0.4) is 0 Å². The predicted octanol–water partition coefficient (Wildman–Crippen LogP) is 5.90. The number of para-hydroxylation sites is 3. The predicted molar refractivity (Wildman–Crippen MR) is 127 cm³/mol. The Morgan fingerprint density at radius 1 is 1.10 bits per heavy atom. The van der Waals surface area contributed by atoms with Crippen LogP contribution in [0.5, 0.6) is 11.5 Å². The summed E-state index contributed by atoms with van der Waals surface area (Å²) in [6.45, 7) is 2.18. The van der Waals surface area contributed by atoms with E-state index in [1.165, 1.54) is 19.9 Å². The van der Waals surface area contributed by atoms with Gasteiger partial charge in [-0.3, -0.25) is 9.18 Å². The van der Waals surface area contributed by atoms with Gasteiger partial charge in [-0.1, -0.05) is 61.9 Å². The minimum absolute atomic E-state index is 0.244. The van der Waals surface area contributed by atoms with E-state index in [2.05, 4.69) is 27.9 Å². The van der Waals surface area contributed by atoms with Gasteiger partial charge in [-0.05, 0) is 37.7 Å². The molecule has 168 valence electrons. The third-order valence-electron chi connectivity index (χ3n) is 3.89. The summed E-state index contributed by atoms with van der Waals surface area (Å²) >= 11 is 1.64. The molecular weight excluding hydrogens is 415 g/mol. The molecule has 8 heteroatoms. The van der Waals surface area contributed by atoms with Crippen molar-refractivity contribution in [3.05, 3.63) is 66.5 Å². The fourth-order valence-electron chi connectivity index (χ4n) is 2.48. The molecule has 1 amide bonds. The average molecular weight is 447 g/mol. The Bertz CT molecular complexity index is 875. The normalized spacial score (nSPS) is 9.58. The molecule has 0 spiro atoms. The number of nitrogens with zero attached hydrogens (tertiary/aromatic N) is 1. The number of aromatic nitrogens is 2. The molecule has 0 radical (unpaired) electrons. The van der Waals surface area contributed by atoms with E-state index in [0.29, 0.717) is 30.1 Å². The molecule has 0 saturated heterocycles. The van der Waals surface area contributed by atoms with Crippen LogP contribution in [-0.4, -0.2) is 35.9 Å². The molecule has 2 aromatic carbocycles. The molecule has 31 heavy (non-hydrogen) atoms. The number of imidazole rings is 1. The first-order valence-electron chi connectivity index (χ1n) is 10.0. The molecule has 1 heterocycles. The Morgan fingerprint density at radius 3 is 2.48 bits per heavy atom. The van der Waals surface area contributed by atoms with Crippen molar-refractivity contribution >= 4 is 23.4 Å². The van der Waals surface area contributed by atoms with Crippen molar-refractivity contribution in [3.63, 3.8) is 0 Å². The van der Waals surface area contributed by atoms with Crippen LogP contribution < -0.4 is 15.8 Å². The van der Waals surface area contributed by atoms with E-state index in [1.807, 2.05) is 54.6 Å². The van der Waals surface area contributed by atoms with Crippen LogP contribution in [0, 0.1) is 0 Å². The zero-order valence-corrected chi connectivity index (χ0v) is 19.0. The number of rotatable bonds is 9. The number of alkyl halides is 1. The van der Waals surface area contributed by atoms with Crippen LogP contribution in [0.25, 0.3) is 0 Å². The summed E-state index contributed by atoms with van der Waals surface area (Å²) in [4.78, 5) is 19.9. The lowest BCUT2D eigenvalue weighted by atomic mass is 10.2. The number of nitrogens with one attached hydrogen (secondary N) is 2. The van der Waals surface area contributed by atoms with Crippen molar-refractivity contribution in [2.75, 3.05) is 25.3 Å². The number of hydrogen-bond acceptors (Lipinski definition) is 5. The molecule has 1 aromatic heterocycles. The summed E-state index contributed by atoms with van der Waals surface area (Å²) in [5, 5.41) is 3.66. The van der Waals surface area contributed by atoms with Gasteiger partial charge in [0.1, 0.15) is 11.4 Å². The zero-order chi connectivity index (χ0) is 22.9. The van der Waals surface area contributed by atoms with Gasteiger partial charge in [0, 0.05) is 5.75 Å². The molecule has 0 saturated carbocycles. The molecule has 0 fully saturated rings. The first-order chi connectivity index (χ1) is 15.3. The number of nitrogens with two attached hydrogens (primary N) is 1. The second kappa shape index (κ2) is 15.9. The number of amides is 1. The highest BCUT2D eigenvalue weighted by Gasteiger charge is 2.13. The SMILES string of the molecule is CCCCCSc1ncc(C(=O)Nc2ccccc2Oc2ccccc2)[nH]1.CF.CN. The number of anilines is 1. The number of halogens is 1. The topological polar surface area (TPSA) is 93.0 Å². The number of hydrogen-bond donors (Lipinski definition) is 3. The van der Waals surface area contributed by atoms with Crippen LogP contribution in [0.1, 0.15) is 36.7 Å². The monoisotopic (exact) mass is 446 g/mol. The van der Waals surface area contributed by atoms with Gasteiger partial charge < -0.3 is 20.8 Å². The van der Waals surface area contributed by atoms with Gasteiger partial charge in [0.25, 0.3) is 5.91 Å². The highest BCUT2D eigenvalue weighted by atomic mass is 32.2. The number of aromatic amines is 1. The van der Waals surface area contributed by atoms with Crippen molar-refractivity contribution in [2.45, 2.75) is 31.3 Å². The molecular formula is C23H31FN4O2S. The maximum Gasteiger partial charge on any atom is 0.273 e. The minimum atomic E-state index is -0.244. The summed E-state index contributed by atoms with van der Waals surface area (Å²) in [5.74, 6) is 2.06. The third-order valence-corrected chi connectivity index (χ3v) is 4.86. The molecule has 3 aromatic rings. The van der Waals surface area contributed by atoms with Gasteiger partial charge >= 0.3 is 0 Å². The second-order valence-electron chi connectivity index (χ2n) is 6.02. The lowest BCUT2D eigenvalue weighted by molar-refractivity contribution is 0.102. The fourth-order valence-corrected chi connectivity index (χ4v) is 3.33. The number of ether oxygens (including phenoxy) is 1. The Labute approximate surface area is 187 Å². The number of carbonyl (C=O) groups excluding carboxylic acids is 1. The third kappa shape index (κ3) is 9.23. The van der Waals surface area contributed by atoms with Crippen LogP contribution in [-0.2, 0) is 0 Å². The van der Waals surface area contributed by atoms with Gasteiger partial charge in [0.15, 0.2) is 10.9 Å². The summed E-state index contributed by atoms with van der Waals surface area (Å²) in [6, 6.07) is 16.8. The van der Waals surface area contributed by atoms with Crippen molar-refractivity contribution in [1.82, 2.24) is 9.97 Å². The maximum atomic E-state index is 12.6. The lowest BCUT2D eigenvalue weighted by Crippen LogP contribution is -2.13. The first kappa shape index (κ1) is 26.2. The molecule has 4 N–H and O–H groups in total. The molecule has 0 unspecified atom stereocenters. The largest absolute Gasteiger partial charge is 0.455 e. The fraction of sp³-hybridized carbons (Fsp3) is 0.304. The average Bonchev–Trinajstić information content (AvgIpc) is 3.31. The highest BCUT2D eigenvalue weighted by molar-refractivity contribution is 7.99. The molecule has 0 atom stereocenters. The first-order valence-corrected chi connectivity index (χ1v) is 11.0. The van der Waals surface area contributed by atoms with Crippen LogP contribution in [0.4, 0.5) is 10.1 Å². The maximum absolute atomic E-state index is 12.6. The van der Waals surface area contributed by atoms with Gasteiger partial charge in [0.2, 0.25) is 0 Å². The molecule has 0 bridgehead atoms. The van der Waals surface area contributed by atoms with Crippen LogP contribution in [0.15, 0.2) is 66.0 Å². The number of thioether (sulfide) groups is 1. The molecule has 0 aliphatic heterocycles. The van der Waals surface area contributed by atoms with Crippen molar-refractivity contribution in [2.24, 2.45) is 5.73 Å². The van der Waals surface area contributed by atoms with Gasteiger partial charge in [-0.25, -0.2) is 4.98 Å². The minimum Gasteiger partial charge on any atom is -0.455 e. The number of benzene rings is 2. The number of H-pyrrole nitrogens is 1. The van der Waals surface area contributed by atoms with E-state index in [9.17, 15) is 9.18 Å². The molecule has 0 aliphatic rings. The van der Waals surface area contributed by atoms with E-state index in [4.69, 9.17) is 4.74 Å².